The van der Waals surface area contributed by atoms with Crippen molar-refractivity contribution in [1.29, 1.82) is 0 Å². The maximum absolute atomic E-state index is 11.6. The van der Waals surface area contributed by atoms with Crippen LogP contribution in [0.15, 0.2) is 18.2 Å². The first-order valence-electron chi connectivity index (χ1n) is 5.10. The molecule has 2 aliphatic heterocycles. The molecule has 0 unspecified atom stereocenters. The van der Waals surface area contributed by atoms with Crippen molar-refractivity contribution < 1.29 is 9.90 Å². The van der Waals surface area contributed by atoms with Crippen molar-refractivity contribution in [3.05, 3.63) is 18.2 Å². The molecule has 1 aromatic carbocycles. The van der Waals surface area contributed by atoms with Gasteiger partial charge in [-0.3, -0.25) is 4.79 Å². The largest absolute Gasteiger partial charge is 0.400 e. The van der Waals surface area contributed by atoms with Crippen LogP contribution in [-0.4, -0.2) is 38.4 Å². The highest BCUT2D eigenvalue weighted by atomic mass is 16.2. The van der Waals surface area contributed by atoms with Gasteiger partial charge in [0.25, 0.3) is 0 Å². The number of aliphatic hydroxyl groups excluding tert-OH is 1. The molecule has 0 spiro atoms. The SMILES string of the molecule is CN1C(=O)CN2CNc3cccc1c32.CO. The van der Waals surface area contributed by atoms with Crippen LogP contribution in [0.1, 0.15) is 0 Å². The van der Waals surface area contributed by atoms with Gasteiger partial charge in [0.1, 0.15) is 0 Å². The van der Waals surface area contributed by atoms with Crippen molar-refractivity contribution in [2.24, 2.45) is 0 Å². The molecule has 3 rings (SSSR count). The molecule has 2 heterocycles. The van der Waals surface area contributed by atoms with E-state index in [1.807, 2.05) is 25.2 Å². The number of benzene rings is 1. The number of aliphatic hydroxyl groups is 1. The maximum atomic E-state index is 11.6. The molecule has 0 fully saturated rings. The molecule has 86 valence electrons. The van der Waals surface area contributed by atoms with Gasteiger partial charge >= 0.3 is 0 Å². The van der Waals surface area contributed by atoms with Crippen molar-refractivity contribution in [3.8, 4) is 0 Å². The Kier molecular flexibility index (Phi) is 2.70. The van der Waals surface area contributed by atoms with Crippen LogP contribution < -0.4 is 15.1 Å². The molecule has 0 saturated carbocycles. The smallest absolute Gasteiger partial charge is 0.246 e. The molecule has 5 heteroatoms. The normalized spacial score (nSPS) is 16.3. The Morgan fingerprint density at radius 3 is 2.88 bits per heavy atom. The summed E-state index contributed by atoms with van der Waals surface area (Å²) in [6.07, 6.45) is 0. The molecule has 2 aliphatic rings. The molecule has 0 saturated heterocycles. The molecule has 16 heavy (non-hydrogen) atoms. The van der Waals surface area contributed by atoms with Crippen molar-refractivity contribution in [2.75, 3.05) is 42.5 Å². The van der Waals surface area contributed by atoms with E-state index in [0.717, 1.165) is 30.8 Å². The highest BCUT2D eigenvalue weighted by molar-refractivity contribution is 6.06. The van der Waals surface area contributed by atoms with Gasteiger partial charge in [0.2, 0.25) is 5.91 Å². The van der Waals surface area contributed by atoms with Crippen molar-refractivity contribution >= 4 is 23.0 Å². The van der Waals surface area contributed by atoms with Crippen LogP contribution in [0, 0.1) is 0 Å². The monoisotopic (exact) mass is 221 g/mol. The molecule has 1 amide bonds. The van der Waals surface area contributed by atoms with E-state index in [0.29, 0.717) is 6.54 Å². The van der Waals surface area contributed by atoms with Crippen molar-refractivity contribution in [2.45, 2.75) is 0 Å². The lowest BCUT2D eigenvalue weighted by molar-refractivity contribution is -0.117. The van der Waals surface area contributed by atoms with E-state index >= 15 is 0 Å². The molecule has 1 aromatic rings. The summed E-state index contributed by atoms with van der Waals surface area (Å²) < 4.78 is 0. The fourth-order valence-corrected chi connectivity index (χ4v) is 2.08. The second-order valence-electron chi connectivity index (χ2n) is 3.66. The standard InChI is InChI=1S/C10H11N3O.CH4O/c1-12-8-4-2-3-7-10(8)13(6-11-7)5-9(12)14;1-2/h2-4,11H,5-6H2,1H3;2H,1H3. The summed E-state index contributed by atoms with van der Waals surface area (Å²) in [7, 11) is 2.83. The number of likely N-dealkylation sites (N-methyl/N-ethyl adjacent to an activating group) is 1. The zero-order valence-electron chi connectivity index (χ0n) is 9.40. The lowest BCUT2D eigenvalue weighted by atomic mass is 10.1. The number of hydrogen-bond donors (Lipinski definition) is 2. The van der Waals surface area contributed by atoms with Crippen LogP contribution in [0.2, 0.25) is 0 Å². The van der Waals surface area contributed by atoms with Crippen molar-refractivity contribution in [3.63, 3.8) is 0 Å². The third kappa shape index (κ3) is 1.40. The Morgan fingerprint density at radius 2 is 2.12 bits per heavy atom. The van der Waals surface area contributed by atoms with Crippen LogP contribution >= 0.6 is 0 Å². The van der Waals surface area contributed by atoms with Crippen LogP contribution in [-0.2, 0) is 4.79 Å². The minimum absolute atomic E-state index is 0.151. The molecule has 2 N–H and O–H groups in total. The average molecular weight is 221 g/mol. The molecule has 0 atom stereocenters. The van der Waals surface area contributed by atoms with E-state index in [9.17, 15) is 4.79 Å². The predicted molar refractivity (Wildman–Crippen MR) is 63.8 cm³/mol. The van der Waals surface area contributed by atoms with E-state index in [-0.39, 0.29) is 5.91 Å². The van der Waals surface area contributed by atoms with E-state index < -0.39 is 0 Å². The minimum Gasteiger partial charge on any atom is -0.400 e. The topological polar surface area (TPSA) is 55.8 Å². The van der Waals surface area contributed by atoms with Gasteiger partial charge in [-0.2, -0.15) is 0 Å². The van der Waals surface area contributed by atoms with E-state index in [1.165, 1.54) is 0 Å². The lowest BCUT2D eigenvalue weighted by Crippen LogP contribution is -2.42. The Labute approximate surface area is 94.3 Å². The number of amides is 1. The van der Waals surface area contributed by atoms with E-state index in [1.54, 1.807) is 4.90 Å². The average Bonchev–Trinajstić information content (AvgIpc) is 2.73. The van der Waals surface area contributed by atoms with Gasteiger partial charge in [-0.05, 0) is 12.1 Å². The molecule has 5 nitrogen and oxygen atoms in total. The zero-order valence-corrected chi connectivity index (χ0v) is 9.40. The van der Waals surface area contributed by atoms with Crippen LogP contribution in [0.3, 0.4) is 0 Å². The fourth-order valence-electron chi connectivity index (χ4n) is 2.08. The van der Waals surface area contributed by atoms with Gasteiger partial charge in [-0.25, -0.2) is 0 Å². The number of nitrogens with zero attached hydrogens (tertiary/aromatic N) is 2. The highest BCUT2D eigenvalue weighted by Gasteiger charge is 2.31. The fraction of sp³-hybridized carbons (Fsp3) is 0.364. The first kappa shape index (κ1) is 10.8. The third-order valence-electron chi connectivity index (χ3n) is 2.85. The second kappa shape index (κ2) is 4.02. The molecule has 0 radical (unpaired) electrons. The summed E-state index contributed by atoms with van der Waals surface area (Å²) in [6, 6.07) is 6.00. The van der Waals surface area contributed by atoms with Crippen molar-refractivity contribution in [1.82, 2.24) is 0 Å². The van der Waals surface area contributed by atoms with Gasteiger partial charge < -0.3 is 20.2 Å². The number of carbonyl (C=O) groups is 1. The van der Waals surface area contributed by atoms with Gasteiger partial charge in [0.15, 0.2) is 0 Å². The van der Waals surface area contributed by atoms with Crippen LogP contribution in [0.25, 0.3) is 0 Å². The first-order valence-corrected chi connectivity index (χ1v) is 5.10. The molecule has 0 aliphatic carbocycles. The number of para-hydroxylation sites is 1. The molecular formula is C11H15N3O2. The summed E-state index contributed by atoms with van der Waals surface area (Å²) in [5.74, 6) is 0.151. The van der Waals surface area contributed by atoms with Crippen LogP contribution in [0.4, 0.5) is 17.1 Å². The van der Waals surface area contributed by atoms with Gasteiger partial charge in [-0.15, -0.1) is 0 Å². The van der Waals surface area contributed by atoms with Gasteiger partial charge in [0.05, 0.1) is 30.3 Å². The molecule has 0 bridgehead atoms. The highest BCUT2D eigenvalue weighted by Crippen LogP contribution is 2.41. The third-order valence-corrected chi connectivity index (χ3v) is 2.85. The summed E-state index contributed by atoms with van der Waals surface area (Å²) in [4.78, 5) is 15.4. The minimum atomic E-state index is 0.151. The summed E-state index contributed by atoms with van der Waals surface area (Å²) in [5.41, 5.74) is 3.29. The number of hydrogen-bond acceptors (Lipinski definition) is 4. The Morgan fingerprint density at radius 1 is 1.38 bits per heavy atom. The Balaban J connectivity index is 0.000000457. The number of rotatable bonds is 0. The number of carbonyl (C=O) groups excluding carboxylic acids is 1. The van der Waals surface area contributed by atoms with Gasteiger partial charge in [0, 0.05) is 14.2 Å². The van der Waals surface area contributed by atoms with Gasteiger partial charge in [-0.1, -0.05) is 6.07 Å². The summed E-state index contributed by atoms with van der Waals surface area (Å²) in [6.45, 7) is 1.22. The molecule has 0 aromatic heterocycles. The Hall–Kier alpha value is -1.75. The summed E-state index contributed by atoms with van der Waals surface area (Å²) >= 11 is 0. The van der Waals surface area contributed by atoms with Crippen LogP contribution in [0.5, 0.6) is 0 Å². The Bertz CT molecular complexity index is 420. The summed E-state index contributed by atoms with van der Waals surface area (Å²) in [5, 5.41) is 10.3. The predicted octanol–water partition coefficient (Wildman–Crippen LogP) is 0.461. The maximum Gasteiger partial charge on any atom is 0.246 e. The van der Waals surface area contributed by atoms with E-state index in [2.05, 4.69) is 10.2 Å². The molecular weight excluding hydrogens is 206 g/mol. The zero-order chi connectivity index (χ0) is 11.7. The number of nitrogens with one attached hydrogen (secondary N) is 1. The van der Waals surface area contributed by atoms with E-state index in [4.69, 9.17) is 5.11 Å². The lowest BCUT2D eigenvalue weighted by Gasteiger charge is -2.31. The second-order valence-corrected chi connectivity index (χ2v) is 3.66. The number of anilines is 3. The first-order chi connectivity index (χ1) is 7.77. The quantitative estimate of drug-likeness (QED) is 0.668.